The van der Waals surface area contributed by atoms with Crippen LogP contribution in [-0.2, 0) is 9.59 Å². The van der Waals surface area contributed by atoms with E-state index in [4.69, 9.17) is 0 Å². The number of aliphatic hydroxyl groups excluding tert-OH is 1. The van der Waals surface area contributed by atoms with Gasteiger partial charge >= 0.3 is 0 Å². The lowest BCUT2D eigenvalue weighted by Crippen LogP contribution is -2.29. The van der Waals surface area contributed by atoms with E-state index >= 15 is 0 Å². The number of amides is 1. The van der Waals surface area contributed by atoms with E-state index in [-0.39, 0.29) is 17.0 Å². The van der Waals surface area contributed by atoms with Crippen molar-refractivity contribution in [3.8, 4) is 0 Å². The molecule has 0 bridgehead atoms. The van der Waals surface area contributed by atoms with Crippen molar-refractivity contribution in [1.82, 2.24) is 0 Å². The molecule has 0 aliphatic carbocycles. The Morgan fingerprint density at radius 2 is 1.63 bits per heavy atom. The molecule has 1 atom stereocenters. The first-order valence-corrected chi connectivity index (χ1v) is 9.57. The van der Waals surface area contributed by atoms with Crippen molar-refractivity contribution in [2.45, 2.75) is 19.9 Å². The number of ketones is 1. The minimum absolute atomic E-state index is 0.0117. The molecule has 1 aliphatic heterocycles. The van der Waals surface area contributed by atoms with Crippen LogP contribution >= 0.6 is 0 Å². The van der Waals surface area contributed by atoms with E-state index in [1.807, 2.05) is 38.1 Å². The number of benzene rings is 3. The molecule has 4 nitrogen and oxygen atoms in total. The van der Waals surface area contributed by atoms with Gasteiger partial charge in [0.25, 0.3) is 11.7 Å². The number of anilines is 1. The maximum absolute atomic E-state index is 13.9. The Morgan fingerprint density at radius 1 is 0.933 bits per heavy atom. The Hall–Kier alpha value is -3.73. The zero-order valence-electron chi connectivity index (χ0n) is 16.6. The Labute approximate surface area is 173 Å². The molecule has 1 fully saturated rings. The molecule has 1 amide bonds. The Balaban J connectivity index is 1.98. The van der Waals surface area contributed by atoms with Gasteiger partial charge in [-0.1, -0.05) is 60.2 Å². The monoisotopic (exact) mass is 401 g/mol. The molecule has 0 radical (unpaired) electrons. The van der Waals surface area contributed by atoms with Gasteiger partial charge in [-0.15, -0.1) is 0 Å². The quantitative estimate of drug-likeness (QED) is 0.379. The van der Waals surface area contributed by atoms with Gasteiger partial charge in [-0.2, -0.15) is 0 Å². The number of hydrogen-bond donors (Lipinski definition) is 1. The lowest BCUT2D eigenvalue weighted by Gasteiger charge is -2.26. The van der Waals surface area contributed by atoms with Crippen molar-refractivity contribution in [3.63, 3.8) is 0 Å². The molecule has 3 aromatic carbocycles. The average molecular weight is 401 g/mol. The van der Waals surface area contributed by atoms with Gasteiger partial charge in [0.1, 0.15) is 11.6 Å². The molecular formula is C25H20FNO3. The SMILES string of the molecule is Cc1ccc(/C(O)=C2\C(=O)C(=O)N(c3cccc(F)c3)C2c2ccccc2C)cc1. The maximum atomic E-state index is 13.9. The van der Waals surface area contributed by atoms with Crippen LogP contribution in [-0.4, -0.2) is 16.8 Å². The van der Waals surface area contributed by atoms with Gasteiger partial charge in [0.15, 0.2) is 0 Å². The smallest absolute Gasteiger partial charge is 0.300 e. The van der Waals surface area contributed by atoms with Crippen LogP contribution in [0.25, 0.3) is 5.76 Å². The minimum Gasteiger partial charge on any atom is -0.507 e. The van der Waals surface area contributed by atoms with Crippen LogP contribution in [0, 0.1) is 19.7 Å². The van der Waals surface area contributed by atoms with Crippen LogP contribution in [0.2, 0.25) is 0 Å². The highest BCUT2D eigenvalue weighted by Gasteiger charge is 2.47. The van der Waals surface area contributed by atoms with Crippen LogP contribution in [0.1, 0.15) is 28.3 Å². The lowest BCUT2D eigenvalue weighted by molar-refractivity contribution is -0.132. The number of nitrogens with zero attached hydrogens (tertiary/aromatic N) is 1. The Bertz CT molecular complexity index is 1180. The molecule has 0 saturated carbocycles. The van der Waals surface area contributed by atoms with Gasteiger partial charge in [0.05, 0.1) is 11.6 Å². The summed E-state index contributed by atoms with van der Waals surface area (Å²) < 4.78 is 13.9. The first-order valence-electron chi connectivity index (χ1n) is 9.57. The lowest BCUT2D eigenvalue weighted by atomic mass is 9.92. The normalized spacial score (nSPS) is 18.1. The fourth-order valence-corrected chi connectivity index (χ4v) is 3.78. The summed E-state index contributed by atoms with van der Waals surface area (Å²) in [7, 11) is 0. The molecule has 1 unspecified atom stereocenters. The van der Waals surface area contributed by atoms with Crippen LogP contribution in [0.3, 0.4) is 0 Å². The molecule has 1 N–H and O–H groups in total. The van der Waals surface area contributed by atoms with E-state index in [2.05, 4.69) is 0 Å². The molecule has 1 saturated heterocycles. The zero-order valence-corrected chi connectivity index (χ0v) is 16.6. The molecule has 1 heterocycles. The predicted molar refractivity (Wildman–Crippen MR) is 114 cm³/mol. The fourth-order valence-electron chi connectivity index (χ4n) is 3.78. The van der Waals surface area contributed by atoms with Crippen molar-refractivity contribution in [2.24, 2.45) is 0 Å². The van der Waals surface area contributed by atoms with Gasteiger partial charge in [0.2, 0.25) is 0 Å². The van der Waals surface area contributed by atoms with Crippen LogP contribution in [0.4, 0.5) is 10.1 Å². The molecule has 0 spiro atoms. The number of carbonyl (C=O) groups excluding carboxylic acids is 2. The Kier molecular flexibility index (Phi) is 4.96. The van der Waals surface area contributed by atoms with Crippen LogP contribution < -0.4 is 4.90 Å². The largest absolute Gasteiger partial charge is 0.507 e. The number of hydrogen-bond acceptors (Lipinski definition) is 3. The minimum atomic E-state index is -0.866. The summed E-state index contributed by atoms with van der Waals surface area (Å²) in [5.41, 5.74) is 3.23. The van der Waals surface area contributed by atoms with Crippen molar-refractivity contribution < 1.29 is 19.1 Å². The highest BCUT2D eigenvalue weighted by atomic mass is 19.1. The second-order valence-corrected chi connectivity index (χ2v) is 7.37. The maximum Gasteiger partial charge on any atom is 0.300 e. The second-order valence-electron chi connectivity index (χ2n) is 7.37. The first kappa shape index (κ1) is 19.6. The van der Waals surface area contributed by atoms with Gasteiger partial charge in [-0.3, -0.25) is 14.5 Å². The van der Waals surface area contributed by atoms with E-state index in [0.717, 1.165) is 11.1 Å². The summed E-state index contributed by atoms with van der Waals surface area (Å²) in [5, 5.41) is 11.0. The highest BCUT2D eigenvalue weighted by molar-refractivity contribution is 6.51. The summed E-state index contributed by atoms with van der Waals surface area (Å²) in [6.07, 6.45) is 0. The van der Waals surface area contributed by atoms with Crippen LogP contribution in [0.15, 0.2) is 78.4 Å². The third kappa shape index (κ3) is 3.28. The third-order valence-corrected chi connectivity index (χ3v) is 5.34. The molecule has 4 rings (SSSR count). The predicted octanol–water partition coefficient (Wildman–Crippen LogP) is 5.07. The molecule has 0 aromatic heterocycles. The van der Waals surface area contributed by atoms with Crippen LogP contribution in [0.5, 0.6) is 0 Å². The van der Waals surface area contributed by atoms with Gasteiger partial charge in [-0.25, -0.2) is 4.39 Å². The number of aryl methyl sites for hydroxylation is 2. The number of carbonyl (C=O) groups is 2. The molecule has 5 heteroatoms. The van der Waals surface area contributed by atoms with Crippen molar-refractivity contribution in [1.29, 1.82) is 0 Å². The van der Waals surface area contributed by atoms with Gasteiger partial charge < -0.3 is 5.11 Å². The second kappa shape index (κ2) is 7.59. The average Bonchev–Trinajstić information content (AvgIpc) is 2.99. The van der Waals surface area contributed by atoms with Crippen molar-refractivity contribution >= 4 is 23.1 Å². The molecule has 30 heavy (non-hydrogen) atoms. The van der Waals surface area contributed by atoms with Crippen molar-refractivity contribution in [2.75, 3.05) is 4.90 Å². The van der Waals surface area contributed by atoms with E-state index in [9.17, 15) is 19.1 Å². The summed E-state index contributed by atoms with van der Waals surface area (Å²) in [6, 6.07) is 19.1. The summed E-state index contributed by atoms with van der Waals surface area (Å²) in [5.74, 6) is -2.37. The Morgan fingerprint density at radius 3 is 2.30 bits per heavy atom. The molecule has 3 aromatic rings. The van der Waals surface area contributed by atoms with E-state index in [1.54, 1.807) is 30.3 Å². The standard InChI is InChI=1S/C25H20FNO3/c1-15-10-12-17(13-11-15)23(28)21-22(20-9-4-3-6-16(20)2)27(25(30)24(21)29)19-8-5-7-18(26)14-19/h3-14,22,28H,1-2H3/b23-21+. The molecule has 150 valence electrons. The highest BCUT2D eigenvalue weighted by Crippen LogP contribution is 2.43. The van der Waals surface area contributed by atoms with Crippen molar-refractivity contribution in [3.05, 3.63) is 106 Å². The number of halogens is 1. The zero-order chi connectivity index (χ0) is 21.4. The van der Waals surface area contributed by atoms with Gasteiger partial charge in [0, 0.05) is 11.3 Å². The number of rotatable bonds is 3. The number of Topliss-reactive ketones (excluding diaryl/α,β-unsaturated/α-hetero) is 1. The fraction of sp³-hybridized carbons (Fsp3) is 0.120. The van der Waals surface area contributed by atoms with Gasteiger partial charge in [-0.05, 0) is 43.2 Å². The molecule has 1 aliphatic rings. The summed E-state index contributed by atoms with van der Waals surface area (Å²) in [6.45, 7) is 3.78. The summed E-state index contributed by atoms with van der Waals surface area (Å²) in [4.78, 5) is 27.3. The van der Waals surface area contributed by atoms with E-state index in [0.29, 0.717) is 11.1 Å². The first-order chi connectivity index (χ1) is 14.4. The number of aliphatic hydroxyl groups is 1. The molecular weight excluding hydrogens is 381 g/mol. The van der Waals surface area contributed by atoms with E-state index in [1.165, 1.54) is 23.1 Å². The summed E-state index contributed by atoms with van der Waals surface area (Å²) >= 11 is 0. The van der Waals surface area contributed by atoms with E-state index < -0.39 is 23.5 Å². The topological polar surface area (TPSA) is 57.6 Å². The third-order valence-electron chi connectivity index (χ3n) is 5.34.